The van der Waals surface area contributed by atoms with Crippen molar-refractivity contribution >= 4 is 22.6 Å². The summed E-state index contributed by atoms with van der Waals surface area (Å²) < 4.78 is 57.0. The first-order chi connectivity index (χ1) is 21.2. The molecule has 8 nitrogen and oxygen atoms in total. The number of carbonyl (C=O) groups excluding carboxylic acids is 2. The first-order valence-electron chi connectivity index (χ1n) is 14.3. The number of hydrogen-bond donors (Lipinski definition) is 1. The van der Waals surface area contributed by atoms with Gasteiger partial charge in [-0.1, -0.05) is 36.4 Å². The molecular weight excluding hydrogens is 576 g/mol. The standard InChI is InChI=1S/C32H26F4N6O2/c33-25-10-18-9-21(25)28-23(18)16-41(31(44)19-13-39-42(15-19)27-8-4-3-7-24(27)32(34,35)36)29(28)30(43)40-26(11-37)22-14-38-12-17-5-1-2-6-20(17)22/h1-8,12-15,18,21,23,25-26,28-29H,9-10,16H2,(H,40,43). The number of nitrogens with one attached hydrogen (secondary N) is 1. The molecule has 3 fully saturated rings. The second kappa shape index (κ2) is 10.4. The Bertz CT molecular complexity index is 1810. The monoisotopic (exact) mass is 602 g/mol. The van der Waals surface area contributed by atoms with Gasteiger partial charge in [-0.25, -0.2) is 9.07 Å². The van der Waals surface area contributed by atoms with Gasteiger partial charge in [0, 0.05) is 36.1 Å². The van der Waals surface area contributed by atoms with Crippen molar-refractivity contribution in [1.29, 1.82) is 5.26 Å². The van der Waals surface area contributed by atoms with Crippen LogP contribution in [0.5, 0.6) is 0 Å². The van der Waals surface area contributed by atoms with Gasteiger partial charge in [0.1, 0.15) is 18.3 Å². The molecule has 7 atom stereocenters. The third-order valence-electron chi connectivity index (χ3n) is 9.51. The number of aromatic nitrogens is 3. The lowest BCUT2D eigenvalue weighted by Crippen LogP contribution is -2.51. The molecule has 3 heterocycles. The molecule has 2 aromatic carbocycles. The summed E-state index contributed by atoms with van der Waals surface area (Å²) in [7, 11) is 0. The molecular formula is C32H26F4N6O2. The summed E-state index contributed by atoms with van der Waals surface area (Å²) >= 11 is 0. The molecule has 2 aliphatic carbocycles. The Hall–Kier alpha value is -4.79. The molecule has 2 saturated carbocycles. The van der Waals surface area contributed by atoms with E-state index in [0.29, 0.717) is 18.4 Å². The van der Waals surface area contributed by atoms with Crippen molar-refractivity contribution in [3.8, 4) is 11.8 Å². The van der Waals surface area contributed by atoms with E-state index in [4.69, 9.17) is 0 Å². The molecule has 7 unspecified atom stereocenters. The van der Waals surface area contributed by atoms with Crippen LogP contribution in [0, 0.1) is 35.0 Å². The van der Waals surface area contributed by atoms with Crippen molar-refractivity contribution in [2.45, 2.75) is 37.3 Å². The number of benzene rings is 2. The fourth-order valence-corrected chi connectivity index (χ4v) is 7.67. The lowest BCUT2D eigenvalue weighted by molar-refractivity contribution is -0.137. The van der Waals surface area contributed by atoms with E-state index in [1.165, 1.54) is 41.7 Å². The number of nitriles is 1. The topological polar surface area (TPSA) is 104 Å². The van der Waals surface area contributed by atoms with Crippen molar-refractivity contribution in [2.75, 3.05) is 6.54 Å². The van der Waals surface area contributed by atoms with E-state index in [9.17, 15) is 28.0 Å². The number of likely N-dealkylation sites (tertiary alicyclic amines) is 1. The molecule has 2 bridgehead atoms. The van der Waals surface area contributed by atoms with Crippen molar-refractivity contribution in [3.05, 3.63) is 90.0 Å². The predicted octanol–water partition coefficient (Wildman–Crippen LogP) is 5.26. The number of alkyl halides is 4. The normalized spacial score (nSPS) is 26.4. The van der Waals surface area contributed by atoms with Crippen LogP contribution < -0.4 is 5.32 Å². The average molecular weight is 603 g/mol. The number of nitrogens with zero attached hydrogens (tertiary/aromatic N) is 5. The minimum absolute atomic E-state index is 0.000942. The second-order valence-corrected chi connectivity index (χ2v) is 11.8. The first-order valence-corrected chi connectivity index (χ1v) is 14.3. The van der Waals surface area contributed by atoms with Gasteiger partial charge in [0.05, 0.1) is 29.1 Å². The van der Waals surface area contributed by atoms with Gasteiger partial charge in [-0.2, -0.15) is 23.5 Å². The smallest absolute Gasteiger partial charge is 0.335 e. The summed E-state index contributed by atoms with van der Waals surface area (Å²) in [5.74, 6) is -2.11. The van der Waals surface area contributed by atoms with Crippen LogP contribution in [0.25, 0.3) is 16.5 Å². The summed E-state index contributed by atoms with van der Waals surface area (Å²) in [4.78, 5) is 33.6. The molecule has 0 spiro atoms. The summed E-state index contributed by atoms with van der Waals surface area (Å²) in [6.07, 6.45) is 0.817. The Labute approximate surface area is 249 Å². The maximum Gasteiger partial charge on any atom is 0.418 e. The van der Waals surface area contributed by atoms with Crippen LogP contribution >= 0.6 is 0 Å². The van der Waals surface area contributed by atoms with Crippen LogP contribution in [0.4, 0.5) is 17.6 Å². The van der Waals surface area contributed by atoms with Gasteiger partial charge in [-0.15, -0.1) is 0 Å². The number of halogens is 4. The maximum absolute atomic E-state index is 15.0. The summed E-state index contributed by atoms with van der Waals surface area (Å²) in [5.41, 5.74) is -0.664. The number of pyridine rings is 1. The first kappa shape index (κ1) is 28.0. The Morgan fingerprint density at radius 1 is 1.02 bits per heavy atom. The zero-order valence-electron chi connectivity index (χ0n) is 23.2. The van der Waals surface area contributed by atoms with Crippen LogP contribution in [0.3, 0.4) is 0 Å². The van der Waals surface area contributed by atoms with E-state index in [2.05, 4.69) is 21.5 Å². The largest absolute Gasteiger partial charge is 0.418 e. The Kier molecular flexibility index (Phi) is 6.64. The van der Waals surface area contributed by atoms with Gasteiger partial charge in [0.15, 0.2) is 0 Å². The van der Waals surface area contributed by atoms with Crippen molar-refractivity contribution < 1.29 is 27.2 Å². The van der Waals surface area contributed by atoms with E-state index in [-0.39, 0.29) is 29.6 Å². The number of amides is 2. The average Bonchev–Trinajstić information content (AvgIpc) is 3.80. The molecule has 1 aliphatic heterocycles. The Morgan fingerprint density at radius 2 is 1.80 bits per heavy atom. The molecule has 2 amide bonds. The SMILES string of the molecule is N#CC(NC(=O)C1C2C3CC(CC3F)C2CN1C(=O)c1cnn(-c2ccccc2C(F)(F)F)c1)c1cncc2ccccc12. The lowest BCUT2D eigenvalue weighted by Gasteiger charge is -2.32. The van der Waals surface area contributed by atoms with E-state index in [0.717, 1.165) is 21.5 Å². The van der Waals surface area contributed by atoms with Crippen molar-refractivity contribution in [2.24, 2.45) is 23.7 Å². The molecule has 44 heavy (non-hydrogen) atoms. The molecule has 3 aliphatic rings. The van der Waals surface area contributed by atoms with Gasteiger partial charge < -0.3 is 10.2 Å². The highest BCUT2D eigenvalue weighted by atomic mass is 19.4. The molecule has 224 valence electrons. The van der Waals surface area contributed by atoms with E-state index < -0.39 is 53.6 Å². The number of rotatable bonds is 5. The highest BCUT2D eigenvalue weighted by Gasteiger charge is 2.62. The molecule has 1 N–H and O–H groups in total. The number of para-hydroxylation sites is 1. The Morgan fingerprint density at radius 3 is 2.59 bits per heavy atom. The fourth-order valence-electron chi connectivity index (χ4n) is 7.67. The number of carbonyl (C=O) groups is 2. The molecule has 7 rings (SSSR count). The lowest BCUT2D eigenvalue weighted by atomic mass is 9.77. The summed E-state index contributed by atoms with van der Waals surface area (Å²) in [5, 5.41) is 18.4. The van der Waals surface area contributed by atoms with Gasteiger partial charge in [0.2, 0.25) is 5.91 Å². The molecule has 0 radical (unpaired) electrons. The summed E-state index contributed by atoms with van der Waals surface area (Å²) in [6, 6.07) is 12.2. The minimum atomic E-state index is -4.64. The molecule has 4 aromatic rings. The molecule has 12 heteroatoms. The third-order valence-corrected chi connectivity index (χ3v) is 9.51. The molecule has 2 aromatic heterocycles. The predicted molar refractivity (Wildman–Crippen MR) is 150 cm³/mol. The highest BCUT2D eigenvalue weighted by molar-refractivity contribution is 5.98. The second-order valence-electron chi connectivity index (χ2n) is 11.8. The minimum Gasteiger partial charge on any atom is -0.335 e. The van der Waals surface area contributed by atoms with Gasteiger partial charge in [0.25, 0.3) is 5.91 Å². The fraction of sp³-hybridized carbons (Fsp3) is 0.344. The van der Waals surface area contributed by atoms with Gasteiger partial charge in [-0.3, -0.25) is 14.6 Å². The van der Waals surface area contributed by atoms with Crippen LogP contribution in [0.15, 0.2) is 73.3 Å². The van der Waals surface area contributed by atoms with Crippen LogP contribution in [-0.4, -0.2) is 50.2 Å². The maximum atomic E-state index is 15.0. The third kappa shape index (κ3) is 4.49. The quantitative estimate of drug-likeness (QED) is 0.314. The van der Waals surface area contributed by atoms with E-state index in [1.54, 1.807) is 6.20 Å². The van der Waals surface area contributed by atoms with Crippen LogP contribution in [0.1, 0.15) is 40.4 Å². The Balaban J connectivity index is 1.21. The van der Waals surface area contributed by atoms with Gasteiger partial charge in [-0.05, 0) is 54.0 Å². The van der Waals surface area contributed by atoms with Crippen molar-refractivity contribution in [3.63, 3.8) is 0 Å². The van der Waals surface area contributed by atoms with Gasteiger partial charge >= 0.3 is 6.18 Å². The van der Waals surface area contributed by atoms with Crippen LogP contribution in [0.2, 0.25) is 0 Å². The van der Waals surface area contributed by atoms with Crippen LogP contribution in [-0.2, 0) is 11.0 Å². The highest BCUT2D eigenvalue weighted by Crippen LogP contribution is 2.58. The number of fused-ring (bicyclic) bond motifs is 6. The van der Waals surface area contributed by atoms with Crippen molar-refractivity contribution in [1.82, 2.24) is 25.0 Å². The van der Waals surface area contributed by atoms with E-state index >= 15 is 4.39 Å². The summed E-state index contributed by atoms with van der Waals surface area (Å²) in [6.45, 7) is 0.201. The zero-order valence-corrected chi connectivity index (χ0v) is 23.2. The molecule has 1 saturated heterocycles. The zero-order chi connectivity index (χ0) is 30.7. The van der Waals surface area contributed by atoms with E-state index in [1.807, 2.05) is 24.3 Å². The number of hydrogen-bond acceptors (Lipinski definition) is 5.